The van der Waals surface area contributed by atoms with Crippen LogP contribution in [0.1, 0.15) is 22.5 Å². The molecule has 2 aromatic rings. The molecule has 3 fully saturated rings. The number of amides is 2. The maximum atomic E-state index is 13.9. The van der Waals surface area contributed by atoms with Gasteiger partial charge in [-0.3, -0.25) is 9.59 Å². The van der Waals surface area contributed by atoms with E-state index in [4.69, 9.17) is 4.74 Å². The number of aromatic nitrogens is 2. The van der Waals surface area contributed by atoms with Crippen LogP contribution >= 0.6 is 11.3 Å². The summed E-state index contributed by atoms with van der Waals surface area (Å²) in [7, 11) is 0. The Bertz CT molecular complexity index is 918. The maximum absolute atomic E-state index is 13.9. The van der Waals surface area contributed by atoms with Crippen LogP contribution in [0.3, 0.4) is 0 Å². The number of ether oxygens (including phenoxy) is 1. The lowest BCUT2D eigenvalue weighted by Crippen LogP contribution is -2.53. The van der Waals surface area contributed by atoms with E-state index < -0.39 is 5.41 Å². The summed E-state index contributed by atoms with van der Waals surface area (Å²) in [5.74, 6) is 0.961. The molecule has 3 aliphatic heterocycles. The van der Waals surface area contributed by atoms with Crippen LogP contribution in [0.4, 0.5) is 5.95 Å². The standard InChI is InChI=1S/C22H27N5O3S/c28-19(18-4-1-13-31-18)26-8-2-5-22(20(29)25-9-11-30-12-10-25)16-27(15-17(22)14-26)21-23-6-3-7-24-21/h1,3-4,6-7,13,17H,2,5,8-12,14-16H2/t17-,22-/m0/s1. The predicted octanol–water partition coefficient (Wildman–Crippen LogP) is 1.76. The van der Waals surface area contributed by atoms with Gasteiger partial charge in [-0.05, 0) is 30.4 Å². The Kier molecular flexibility index (Phi) is 5.62. The molecule has 2 aromatic heterocycles. The summed E-state index contributed by atoms with van der Waals surface area (Å²) in [6.07, 6.45) is 5.05. The molecule has 0 unspecified atom stereocenters. The molecule has 0 bridgehead atoms. The number of carbonyl (C=O) groups is 2. The summed E-state index contributed by atoms with van der Waals surface area (Å²) < 4.78 is 5.48. The molecule has 2 amide bonds. The van der Waals surface area contributed by atoms with E-state index in [1.54, 1.807) is 18.5 Å². The van der Waals surface area contributed by atoms with Crippen molar-refractivity contribution in [2.24, 2.45) is 11.3 Å². The highest BCUT2D eigenvalue weighted by molar-refractivity contribution is 7.12. The first-order valence-electron chi connectivity index (χ1n) is 10.9. The summed E-state index contributed by atoms with van der Waals surface area (Å²) in [6, 6.07) is 5.59. The minimum absolute atomic E-state index is 0.0399. The van der Waals surface area contributed by atoms with Crippen molar-refractivity contribution >= 4 is 29.1 Å². The van der Waals surface area contributed by atoms with Crippen molar-refractivity contribution in [3.63, 3.8) is 0 Å². The van der Waals surface area contributed by atoms with E-state index in [0.29, 0.717) is 58.4 Å². The third-order valence-electron chi connectivity index (χ3n) is 6.77. The number of carbonyl (C=O) groups excluding carboxylic acids is 2. The van der Waals surface area contributed by atoms with Gasteiger partial charge in [-0.15, -0.1) is 11.3 Å². The second-order valence-electron chi connectivity index (χ2n) is 8.52. The number of morpholine rings is 1. The fourth-order valence-electron chi connectivity index (χ4n) is 5.21. The Hall–Kier alpha value is -2.52. The van der Waals surface area contributed by atoms with Crippen LogP contribution in [-0.2, 0) is 9.53 Å². The Morgan fingerprint density at radius 2 is 1.87 bits per heavy atom. The van der Waals surface area contributed by atoms with Gasteiger partial charge in [0.1, 0.15) is 0 Å². The summed E-state index contributed by atoms with van der Waals surface area (Å²) in [5.41, 5.74) is -0.527. The summed E-state index contributed by atoms with van der Waals surface area (Å²) in [5, 5.41) is 1.93. The van der Waals surface area contributed by atoms with E-state index >= 15 is 0 Å². The van der Waals surface area contributed by atoms with E-state index in [0.717, 1.165) is 17.7 Å². The molecule has 5 rings (SSSR count). The van der Waals surface area contributed by atoms with Crippen molar-refractivity contribution < 1.29 is 14.3 Å². The lowest BCUT2D eigenvalue weighted by atomic mass is 9.73. The van der Waals surface area contributed by atoms with Crippen LogP contribution in [0.5, 0.6) is 0 Å². The smallest absolute Gasteiger partial charge is 0.263 e. The highest BCUT2D eigenvalue weighted by Crippen LogP contribution is 2.45. The number of likely N-dealkylation sites (tertiary alicyclic amines) is 1. The molecular weight excluding hydrogens is 414 g/mol. The fraction of sp³-hybridized carbons (Fsp3) is 0.545. The molecule has 0 aromatic carbocycles. The number of anilines is 1. The zero-order chi connectivity index (χ0) is 21.3. The van der Waals surface area contributed by atoms with Gasteiger partial charge in [-0.2, -0.15) is 0 Å². The van der Waals surface area contributed by atoms with Crippen LogP contribution in [0.15, 0.2) is 36.0 Å². The van der Waals surface area contributed by atoms with Crippen molar-refractivity contribution in [3.8, 4) is 0 Å². The number of nitrogens with zero attached hydrogens (tertiary/aromatic N) is 5. The average Bonchev–Trinajstić information content (AvgIpc) is 3.45. The van der Waals surface area contributed by atoms with Crippen LogP contribution in [0.25, 0.3) is 0 Å². The molecule has 0 spiro atoms. The summed E-state index contributed by atoms with van der Waals surface area (Å²) >= 11 is 1.47. The monoisotopic (exact) mass is 441 g/mol. The van der Waals surface area contributed by atoms with Gasteiger partial charge in [0, 0.05) is 57.6 Å². The molecule has 0 saturated carbocycles. The van der Waals surface area contributed by atoms with Crippen LogP contribution in [0, 0.1) is 11.3 Å². The predicted molar refractivity (Wildman–Crippen MR) is 117 cm³/mol. The molecule has 0 aliphatic carbocycles. The second-order valence-corrected chi connectivity index (χ2v) is 9.47. The maximum Gasteiger partial charge on any atom is 0.263 e. The van der Waals surface area contributed by atoms with E-state index in [-0.39, 0.29) is 17.7 Å². The number of thiophene rings is 1. The Morgan fingerprint density at radius 3 is 2.61 bits per heavy atom. The van der Waals surface area contributed by atoms with E-state index in [9.17, 15) is 9.59 Å². The van der Waals surface area contributed by atoms with E-state index in [1.807, 2.05) is 27.3 Å². The highest BCUT2D eigenvalue weighted by Gasteiger charge is 2.55. The fourth-order valence-corrected chi connectivity index (χ4v) is 5.90. The Morgan fingerprint density at radius 1 is 1.06 bits per heavy atom. The normalized spacial score (nSPS) is 26.5. The molecule has 9 heteroatoms. The minimum Gasteiger partial charge on any atom is -0.378 e. The first-order valence-corrected chi connectivity index (χ1v) is 11.8. The molecule has 0 radical (unpaired) electrons. The quantitative estimate of drug-likeness (QED) is 0.722. The number of hydrogen-bond donors (Lipinski definition) is 0. The lowest BCUT2D eigenvalue weighted by Gasteiger charge is -2.38. The van der Waals surface area contributed by atoms with Gasteiger partial charge in [-0.1, -0.05) is 6.07 Å². The molecule has 3 aliphatic rings. The second kappa shape index (κ2) is 8.55. The average molecular weight is 442 g/mol. The number of hydrogen-bond acceptors (Lipinski definition) is 7. The molecule has 2 atom stereocenters. The van der Waals surface area contributed by atoms with Gasteiger partial charge < -0.3 is 19.4 Å². The lowest BCUT2D eigenvalue weighted by molar-refractivity contribution is -0.148. The van der Waals surface area contributed by atoms with Gasteiger partial charge >= 0.3 is 0 Å². The van der Waals surface area contributed by atoms with Gasteiger partial charge in [0.05, 0.1) is 23.5 Å². The zero-order valence-corrected chi connectivity index (χ0v) is 18.3. The third kappa shape index (κ3) is 3.80. The number of fused-ring (bicyclic) bond motifs is 1. The first kappa shape index (κ1) is 20.4. The van der Waals surface area contributed by atoms with Gasteiger partial charge in [-0.25, -0.2) is 9.97 Å². The summed E-state index contributed by atoms with van der Waals surface area (Å²) in [6.45, 7) is 4.97. The topological polar surface area (TPSA) is 78.9 Å². The van der Waals surface area contributed by atoms with E-state index in [1.165, 1.54) is 11.3 Å². The minimum atomic E-state index is -0.527. The molecule has 31 heavy (non-hydrogen) atoms. The van der Waals surface area contributed by atoms with Crippen molar-refractivity contribution in [3.05, 3.63) is 40.8 Å². The zero-order valence-electron chi connectivity index (χ0n) is 17.5. The van der Waals surface area contributed by atoms with Crippen LogP contribution in [0.2, 0.25) is 0 Å². The SMILES string of the molecule is O=C(c1cccs1)N1CCC[C@]2(C(=O)N3CCOCC3)CN(c3ncccn3)C[C@@H]2C1. The van der Waals surface area contributed by atoms with Gasteiger partial charge in [0.2, 0.25) is 11.9 Å². The summed E-state index contributed by atoms with van der Waals surface area (Å²) in [4.78, 5) is 42.7. The molecular formula is C22H27N5O3S. The van der Waals surface area contributed by atoms with Crippen LogP contribution in [-0.4, -0.2) is 84.1 Å². The van der Waals surface area contributed by atoms with Gasteiger partial charge in [0.25, 0.3) is 5.91 Å². The van der Waals surface area contributed by atoms with E-state index in [2.05, 4.69) is 14.9 Å². The highest BCUT2D eigenvalue weighted by atomic mass is 32.1. The van der Waals surface area contributed by atoms with Crippen molar-refractivity contribution in [1.29, 1.82) is 0 Å². The van der Waals surface area contributed by atoms with Crippen molar-refractivity contribution in [1.82, 2.24) is 19.8 Å². The Balaban J connectivity index is 1.45. The third-order valence-corrected chi connectivity index (χ3v) is 7.62. The Labute approximate surface area is 185 Å². The van der Waals surface area contributed by atoms with Crippen LogP contribution < -0.4 is 4.90 Å². The molecule has 5 heterocycles. The molecule has 8 nitrogen and oxygen atoms in total. The van der Waals surface area contributed by atoms with Crippen molar-refractivity contribution in [2.45, 2.75) is 12.8 Å². The largest absolute Gasteiger partial charge is 0.378 e. The molecule has 0 N–H and O–H groups in total. The number of rotatable bonds is 3. The van der Waals surface area contributed by atoms with Crippen molar-refractivity contribution in [2.75, 3.05) is 57.4 Å². The molecule has 164 valence electrons. The van der Waals surface area contributed by atoms with Gasteiger partial charge in [0.15, 0.2) is 0 Å². The molecule has 3 saturated heterocycles. The first-order chi connectivity index (χ1) is 15.2.